The van der Waals surface area contributed by atoms with E-state index in [1.165, 1.54) is 13.0 Å². The number of nitrogens with one attached hydrogen (secondary N) is 1. The van der Waals surface area contributed by atoms with Crippen molar-refractivity contribution in [1.82, 2.24) is 4.72 Å². The maximum Gasteiger partial charge on any atom is 0.296 e. The number of sulfonamides is 1. The molecule has 0 radical (unpaired) electrons. The van der Waals surface area contributed by atoms with Gasteiger partial charge < -0.3 is 23.9 Å². The number of phenols is 2. The van der Waals surface area contributed by atoms with E-state index in [1.54, 1.807) is 6.92 Å². The van der Waals surface area contributed by atoms with Gasteiger partial charge in [-0.15, -0.1) is 10.2 Å². The number of aryl methyl sites for hydroxylation is 1. The minimum atomic E-state index is -5.02. The minimum Gasteiger partial charge on any atom is -0.506 e. The average molecular weight is 548 g/mol. The highest BCUT2D eigenvalue weighted by Crippen LogP contribution is 2.53. The summed E-state index contributed by atoms with van der Waals surface area (Å²) in [5.41, 5.74) is -0.936. The molecule has 35 heavy (non-hydrogen) atoms. The Morgan fingerprint density at radius 2 is 1.54 bits per heavy atom. The van der Waals surface area contributed by atoms with Gasteiger partial charge in [-0.25, -0.2) is 13.1 Å². The molecule has 3 aromatic rings. The maximum absolute atomic E-state index is 12.2. The summed E-state index contributed by atoms with van der Waals surface area (Å²) in [6.45, 7) is 3.13. The fourth-order valence-corrected chi connectivity index (χ4v) is 5.78. The second-order valence-electron chi connectivity index (χ2n) is 7.28. The molecule has 0 aliphatic carbocycles. The highest BCUT2D eigenvalue weighted by molar-refractivity contribution is 8.19. The van der Waals surface area contributed by atoms with Gasteiger partial charge in [0, 0.05) is 11.9 Å². The van der Waals surface area contributed by atoms with E-state index in [2.05, 4.69) is 15.0 Å². The van der Waals surface area contributed by atoms with Crippen molar-refractivity contribution in [3.63, 3.8) is 0 Å². The van der Waals surface area contributed by atoms with Gasteiger partial charge in [-0.1, -0.05) is 13.0 Å². The number of benzene rings is 3. The summed E-state index contributed by atoms with van der Waals surface area (Å²) in [6.07, 6.45) is 0. The number of nitrogens with zero attached hydrogens (tertiary/aromatic N) is 2. The Morgan fingerprint density at radius 1 is 0.886 bits per heavy atom. The van der Waals surface area contributed by atoms with Crippen LogP contribution in [-0.4, -0.2) is 51.8 Å². The van der Waals surface area contributed by atoms with Gasteiger partial charge >= 0.3 is 0 Å². The molecule has 16 heteroatoms. The molecule has 0 spiro atoms. The van der Waals surface area contributed by atoms with E-state index in [4.69, 9.17) is 0 Å². The van der Waals surface area contributed by atoms with Gasteiger partial charge in [0.25, 0.3) is 10.1 Å². The zero-order valence-electron chi connectivity index (χ0n) is 18.1. The lowest BCUT2D eigenvalue weighted by molar-refractivity contribution is 0.376. The summed E-state index contributed by atoms with van der Waals surface area (Å²) in [7, 11) is -13.4. The van der Waals surface area contributed by atoms with E-state index in [1.807, 2.05) is 0 Å². The quantitative estimate of drug-likeness (QED) is 0.165. The van der Waals surface area contributed by atoms with E-state index in [0.29, 0.717) is 5.56 Å². The molecule has 0 bridgehead atoms. The maximum atomic E-state index is 12.2. The second kappa shape index (κ2) is 9.32. The number of hydrogen-bond donors (Lipinski definition) is 7. The number of fused-ring (bicyclic) bond motifs is 1. The zero-order valence-corrected chi connectivity index (χ0v) is 20.6. The molecule has 13 nitrogen and oxygen atoms in total. The smallest absolute Gasteiger partial charge is 0.296 e. The van der Waals surface area contributed by atoms with Crippen LogP contribution in [0.15, 0.2) is 61.3 Å². The van der Waals surface area contributed by atoms with Gasteiger partial charge in [0.1, 0.15) is 32.9 Å². The highest BCUT2D eigenvalue weighted by atomic mass is 32.3. The first kappa shape index (κ1) is 26.8. The normalized spacial score (nSPS) is 13.5. The molecule has 190 valence electrons. The molecule has 0 aromatic heterocycles. The largest absolute Gasteiger partial charge is 0.506 e. The number of phenolic OH excluding ortho intramolecular Hbond substituents is 2. The Kier molecular flexibility index (Phi) is 7.13. The van der Waals surface area contributed by atoms with Gasteiger partial charge in [0.15, 0.2) is 5.75 Å². The Hall–Kier alpha value is -2.83. The Balaban J connectivity index is 2.32. The molecule has 0 unspecified atom stereocenters. The molecule has 0 saturated carbocycles. The molecule has 0 aliphatic rings. The van der Waals surface area contributed by atoms with Crippen molar-refractivity contribution in [3.8, 4) is 11.5 Å². The topological polar surface area (TPSA) is 226 Å². The lowest BCUT2D eigenvalue weighted by Crippen LogP contribution is -2.22. The van der Waals surface area contributed by atoms with Crippen LogP contribution in [0.4, 0.5) is 11.4 Å². The van der Waals surface area contributed by atoms with Crippen LogP contribution in [-0.2, 0) is 20.1 Å². The predicted octanol–water partition coefficient (Wildman–Crippen LogP) is 4.10. The van der Waals surface area contributed by atoms with Crippen LogP contribution >= 0.6 is 10.9 Å². The zero-order chi connectivity index (χ0) is 26.3. The van der Waals surface area contributed by atoms with Crippen molar-refractivity contribution in [3.05, 3.63) is 42.0 Å². The van der Waals surface area contributed by atoms with Crippen molar-refractivity contribution >= 4 is 53.2 Å². The van der Waals surface area contributed by atoms with E-state index < -0.39 is 63.7 Å². The van der Waals surface area contributed by atoms with E-state index in [9.17, 15) is 45.3 Å². The van der Waals surface area contributed by atoms with Crippen molar-refractivity contribution < 1.29 is 45.3 Å². The van der Waals surface area contributed by atoms with Gasteiger partial charge in [0.05, 0.1) is 9.79 Å². The van der Waals surface area contributed by atoms with Crippen molar-refractivity contribution in [1.29, 1.82) is 0 Å². The standard InChI is InChI=1S/C19H21N3O10S3/c1-3-20-33(25,26)12-4-5-14(23)13(9-12)21-22-18-16(35(30,31)32)8-11-6-10(2)7-15(34(27,28)29)17(11)19(18)24/h4-9,20,23-24,27-29H,3H2,1-2H3,(H,30,31,32). The second-order valence-corrected chi connectivity index (χ2v) is 11.9. The Bertz CT molecular complexity index is 1560. The molecular weight excluding hydrogens is 526 g/mol. The fraction of sp³-hybridized carbons (Fsp3) is 0.158. The molecule has 0 saturated heterocycles. The molecule has 3 aromatic carbocycles. The summed E-state index contributed by atoms with van der Waals surface area (Å²) < 4.78 is 89.9. The van der Waals surface area contributed by atoms with Gasteiger partial charge in [-0.2, -0.15) is 8.42 Å². The van der Waals surface area contributed by atoms with Crippen LogP contribution in [0.3, 0.4) is 0 Å². The van der Waals surface area contributed by atoms with E-state index in [0.717, 1.165) is 30.3 Å². The number of hydrogen-bond acceptors (Lipinski definition) is 11. The lowest BCUT2D eigenvalue weighted by atomic mass is 10.1. The minimum absolute atomic E-state index is 0.0780. The summed E-state index contributed by atoms with van der Waals surface area (Å²) in [4.78, 5) is -1.76. The molecule has 3 rings (SSSR count). The Morgan fingerprint density at radius 3 is 2.11 bits per heavy atom. The molecule has 7 N–H and O–H groups in total. The summed E-state index contributed by atoms with van der Waals surface area (Å²) in [6, 6.07) is 6.38. The van der Waals surface area contributed by atoms with Crippen LogP contribution in [0.25, 0.3) is 10.8 Å². The summed E-state index contributed by atoms with van der Waals surface area (Å²) in [5.74, 6) is -1.53. The predicted molar refractivity (Wildman–Crippen MR) is 127 cm³/mol. The average Bonchev–Trinajstić information content (AvgIpc) is 2.71. The molecule has 0 aliphatic heterocycles. The van der Waals surface area contributed by atoms with Gasteiger partial charge in [-0.05, 0) is 48.2 Å². The number of azo groups is 1. The molecule has 0 heterocycles. The third-order valence-corrected chi connectivity index (χ3v) is 8.00. The molecular formula is C19H21N3O10S3. The molecule has 0 fully saturated rings. The van der Waals surface area contributed by atoms with Crippen molar-refractivity contribution in [2.75, 3.05) is 6.54 Å². The van der Waals surface area contributed by atoms with Crippen LogP contribution < -0.4 is 4.72 Å². The lowest BCUT2D eigenvalue weighted by Gasteiger charge is -2.23. The SMILES string of the molecule is CCNS(=O)(=O)c1ccc(O)c(N=Nc2c(S(=O)(=O)O)cc3cc(C)cc(S(O)(O)O)c3c2O)c1. The monoisotopic (exact) mass is 547 g/mol. The van der Waals surface area contributed by atoms with Crippen LogP contribution in [0, 0.1) is 6.92 Å². The van der Waals surface area contributed by atoms with Gasteiger partial charge in [0.2, 0.25) is 10.0 Å². The van der Waals surface area contributed by atoms with E-state index >= 15 is 0 Å². The molecule has 0 atom stereocenters. The number of rotatable bonds is 7. The first-order valence-electron chi connectivity index (χ1n) is 9.59. The highest BCUT2D eigenvalue weighted by Gasteiger charge is 2.28. The summed E-state index contributed by atoms with van der Waals surface area (Å²) >= 11 is 0. The van der Waals surface area contributed by atoms with E-state index in [-0.39, 0.29) is 22.2 Å². The fourth-order valence-electron chi connectivity index (χ4n) is 3.23. The van der Waals surface area contributed by atoms with Gasteiger partial charge in [-0.3, -0.25) is 4.55 Å². The Labute approximate surface area is 201 Å². The third kappa shape index (κ3) is 5.54. The van der Waals surface area contributed by atoms with Crippen LogP contribution in [0.2, 0.25) is 0 Å². The third-order valence-electron chi connectivity index (χ3n) is 4.68. The molecule has 0 amide bonds. The van der Waals surface area contributed by atoms with Crippen molar-refractivity contribution in [2.24, 2.45) is 10.2 Å². The first-order valence-corrected chi connectivity index (χ1v) is 14.0. The number of aromatic hydroxyl groups is 2. The first-order chi connectivity index (χ1) is 16.1. The van der Waals surface area contributed by atoms with Crippen LogP contribution in [0.5, 0.6) is 11.5 Å². The van der Waals surface area contributed by atoms with Crippen molar-refractivity contribution in [2.45, 2.75) is 28.5 Å². The van der Waals surface area contributed by atoms with Crippen LogP contribution in [0.1, 0.15) is 12.5 Å². The summed E-state index contributed by atoms with van der Waals surface area (Å²) in [5, 5.41) is 27.6.